The highest BCUT2D eigenvalue weighted by molar-refractivity contribution is 7.80. The second-order valence-electron chi connectivity index (χ2n) is 5.07. The Balaban J connectivity index is 1.98. The van der Waals surface area contributed by atoms with E-state index in [4.69, 9.17) is 12.2 Å². The molecule has 2 aromatic rings. The highest BCUT2D eigenvalue weighted by atomic mass is 32.1. The lowest BCUT2D eigenvalue weighted by molar-refractivity contribution is -0.116. The molecule has 0 saturated heterocycles. The van der Waals surface area contributed by atoms with Crippen molar-refractivity contribution in [2.45, 2.75) is 13.8 Å². The number of rotatable bonds is 3. The molecule has 0 bridgehead atoms. The molecule has 114 valence electrons. The van der Waals surface area contributed by atoms with Gasteiger partial charge in [-0.15, -0.1) is 0 Å². The average Bonchev–Trinajstić information content (AvgIpc) is 2.47. The summed E-state index contributed by atoms with van der Waals surface area (Å²) < 4.78 is 0. The van der Waals surface area contributed by atoms with Crippen molar-refractivity contribution in [3.63, 3.8) is 0 Å². The summed E-state index contributed by atoms with van der Waals surface area (Å²) in [7, 11) is 1.74. The van der Waals surface area contributed by atoms with Crippen LogP contribution < -0.4 is 15.5 Å². The molecule has 0 unspecified atom stereocenters. The van der Waals surface area contributed by atoms with E-state index in [1.807, 2.05) is 55.5 Å². The smallest absolute Gasteiger partial charge is 0.223 e. The standard InChI is InChI=1S/C17H19N3OS/c1-12-5-4-6-15(11-12)19-17(22)18-14-7-9-16(10-8-14)20(3)13(2)21/h4-11H,1-3H3,(H2,18,19,22). The zero-order valence-electron chi connectivity index (χ0n) is 12.9. The van der Waals surface area contributed by atoms with Crippen molar-refractivity contribution in [1.29, 1.82) is 0 Å². The maximum Gasteiger partial charge on any atom is 0.223 e. The lowest BCUT2D eigenvalue weighted by atomic mass is 10.2. The van der Waals surface area contributed by atoms with E-state index in [1.165, 1.54) is 12.5 Å². The van der Waals surface area contributed by atoms with Crippen molar-refractivity contribution in [1.82, 2.24) is 0 Å². The predicted octanol–water partition coefficient (Wildman–Crippen LogP) is 3.79. The second kappa shape index (κ2) is 7.04. The first kappa shape index (κ1) is 16.0. The number of benzene rings is 2. The first-order valence-corrected chi connectivity index (χ1v) is 7.35. The molecular formula is C17H19N3OS. The van der Waals surface area contributed by atoms with Crippen LogP contribution in [0.2, 0.25) is 0 Å². The molecule has 2 aromatic carbocycles. The number of anilines is 3. The molecule has 0 atom stereocenters. The van der Waals surface area contributed by atoms with Crippen LogP contribution in [0.25, 0.3) is 0 Å². The van der Waals surface area contributed by atoms with Gasteiger partial charge < -0.3 is 15.5 Å². The van der Waals surface area contributed by atoms with Gasteiger partial charge in [0.2, 0.25) is 5.91 Å². The fraction of sp³-hybridized carbons (Fsp3) is 0.176. The predicted molar refractivity (Wildman–Crippen MR) is 96.5 cm³/mol. The summed E-state index contributed by atoms with van der Waals surface area (Å²) in [6.45, 7) is 3.57. The van der Waals surface area contributed by atoms with Crippen LogP contribution in [-0.4, -0.2) is 18.1 Å². The number of nitrogens with zero attached hydrogens (tertiary/aromatic N) is 1. The SMILES string of the molecule is CC(=O)N(C)c1ccc(NC(=S)Nc2cccc(C)c2)cc1. The summed E-state index contributed by atoms with van der Waals surface area (Å²) in [6, 6.07) is 15.5. The van der Waals surface area contributed by atoms with E-state index in [1.54, 1.807) is 11.9 Å². The summed E-state index contributed by atoms with van der Waals surface area (Å²) in [5.41, 5.74) is 3.83. The minimum atomic E-state index is -0.00246. The molecule has 0 aliphatic rings. The molecule has 0 fully saturated rings. The van der Waals surface area contributed by atoms with Gasteiger partial charge in [0.05, 0.1) is 0 Å². The summed E-state index contributed by atoms with van der Waals surface area (Å²) >= 11 is 5.30. The molecule has 0 heterocycles. The van der Waals surface area contributed by atoms with E-state index in [0.717, 1.165) is 17.1 Å². The van der Waals surface area contributed by atoms with Crippen LogP contribution in [-0.2, 0) is 4.79 Å². The lowest BCUT2D eigenvalue weighted by Gasteiger charge is -2.16. The van der Waals surface area contributed by atoms with E-state index < -0.39 is 0 Å². The molecule has 2 N–H and O–H groups in total. The molecule has 22 heavy (non-hydrogen) atoms. The number of hydrogen-bond donors (Lipinski definition) is 2. The monoisotopic (exact) mass is 313 g/mol. The molecular weight excluding hydrogens is 294 g/mol. The van der Waals surface area contributed by atoms with Gasteiger partial charge >= 0.3 is 0 Å². The molecule has 5 heteroatoms. The van der Waals surface area contributed by atoms with Gasteiger partial charge in [0.1, 0.15) is 0 Å². The minimum absolute atomic E-state index is 0.00246. The Labute approximate surface area is 136 Å². The van der Waals surface area contributed by atoms with Gasteiger partial charge in [-0.3, -0.25) is 4.79 Å². The largest absolute Gasteiger partial charge is 0.332 e. The van der Waals surface area contributed by atoms with E-state index in [9.17, 15) is 4.79 Å². The highest BCUT2D eigenvalue weighted by Crippen LogP contribution is 2.17. The van der Waals surface area contributed by atoms with E-state index in [0.29, 0.717) is 5.11 Å². The first-order valence-electron chi connectivity index (χ1n) is 6.95. The Morgan fingerprint density at radius 2 is 1.68 bits per heavy atom. The van der Waals surface area contributed by atoms with Crippen molar-refractivity contribution in [3.05, 3.63) is 54.1 Å². The van der Waals surface area contributed by atoms with E-state index in [2.05, 4.69) is 10.6 Å². The molecule has 0 aliphatic carbocycles. The van der Waals surface area contributed by atoms with Gasteiger partial charge in [0.15, 0.2) is 5.11 Å². The van der Waals surface area contributed by atoms with Crippen molar-refractivity contribution in [3.8, 4) is 0 Å². The Kier molecular flexibility index (Phi) is 5.12. The maximum atomic E-state index is 11.3. The third kappa shape index (κ3) is 4.30. The Morgan fingerprint density at radius 1 is 1.05 bits per heavy atom. The normalized spacial score (nSPS) is 9.95. The zero-order valence-corrected chi connectivity index (χ0v) is 13.7. The summed E-state index contributed by atoms with van der Waals surface area (Å²) in [4.78, 5) is 12.9. The van der Waals surface area contributed by atoms with Crippen LogP contribution >= 0.6 is 12.2 Å². The topological polar surface area (TPSA) is 44.4 Å². The van der Waals surface area contributed by atoms with Gasteiger partial charge in [-0.2, -0.15) is 0 Å². The van der Waals surface area contributed by atoms with Crippen LogP contribution in [0.3, 0.4) is 0 Å². The minimum Gasteiger partial charge on any atom is -0.332 e. The van der Waals surface area contributed by atoms with Crippen LogP contribution in [0.15, 0.2) is 48.5 Å². The van der Waals surface area contributed by atoms with Crippen molar-refractivity contribution in [2.75, 3.05) is 22.6 Å². The number of carbonyl (C=O) groups excluding carboxylic acids is 1. The molecule has 0 spiro atoms. The number of aryl methyl sites for hydroxylation is 1. The number of thiocarbonyl (C=S) groups is 1. The van der Waals surface area contributed by atoms with Crippen LogP contribution in [0, 0.1) is 6.92 Å². The summed E-state index contributed by atoms with van der Waals surface area (Å²) in [5, 5.41) is 6.79. The number of amides is 1. The maximum absolute atomic E-state index is 11.3. The molecule has 0 aromatic heterocycles. The Bertz CT molecular complexity index is 683. The molecule has 0 saturated carbocycles. The van der Waals surface area contributed by atoms with Gasteiger partial charge in [0.25, 0.3) is 0 Å². The summed E-state index contributed by atoms with van der Waals surface area (Å²) in [6.07, 6.45) is 0. The van der Waals surface area contributed by atoms with Gasteiger partial charge in [-0.25, -0.2) is 0 Å². The Morgan fingerprint density at radius 3 is 2.27 bits per heavy atom. The average molecular weight is 313 g/mol. The highest BCUT2D eigenvalue weighted by Gasteiger charge is 2.05. The molecule has 0 radical (unpaired) electrons. The van der Waals surface area contributed by atoms with Gasteiger partial charge in [0, 0.05) is 31.0 Å². The van der Waals surface area contributed by atoms with Crippen molar-refractivity contribution < 1.29 is 4.79 Å². The molecule has 2 rings (SSSR count). The fourth-order valence-corrected chi connectivity index (χ4v) is 2.20. The summed E-state index contributed by atoms with van der Waals surface area (Å²) in [5.74, 6) is -0.00246. The van der Waals surface area contributed by atoms with Gasteiger partial charge in [-0.1, -0.05) is 12.1 Å². The zero-order chi connectivity index (χ0) is 16.1. The Hall–Kier alpha value is -2.40. The first-order chi connectivity index (χ1) is 10.5. The lowest BCUT2D eigenvalue weighted by Crippen LogP contribution is -2.23. The van der Waals surface area contributed by atoms with E-state index in [-0.39, 0.29) is 5.91 Å². The van der Waals surface area contributed by atoms with Crippen LogP contribution in [0.4, 0.5) is 17.1 Å². The quantitative estimate of drug-likeness (QED) is 0.846. The number of carbonyl (C=O) groups is 1. The van der Waals surface area contributed by atoms with Crippen LogP contribution in [0.1, 0.15) is 12.5 Å². The number of hydrogen-bond acceptors (Lipinski definition) is 2. The third-order valence-electron chi connectivity index (χ3n) is 3.26. The number of nitrogens with one attached hydrogen (secondary N) is 2. The van der Waals surface area contributed by atoms with Gasteiger partial charge in [-0.05, 0) is 61.1 Å². The fourth-order valence-electron chi connectivity index (χ4n) is 1.97. The van der Waals surface area contributed by atoms with E-state index >= 15 is 0 Å². The molecule has 4 nitrogen and oxygen atoms in total. The molecule has 1 amide bonds. The van der Waals surface area contributed by atoms with Crippen LogP contribution in [0.5, 0.6) is 0 Å². The third-order valence-corrected chi connectivity index (χ3v) is 3.46. The molecule has 0 aliphatic heterocycles. The van der Waals surface area contributed by atoms with Crippen molar-refractivity contribution in [2.24, 2.45) is 0 Å². The van der Waals surface area contributed by atoms with Crippen molar-refractivity contribution >= 4 is 40.3 Å². The second-order valence-corrected chi connectivity index (χ2v) is 5.48.